The lowest BCUT2D eigenvalue weighted by Gasteiger charge is -2.16. The number of nitrogens with zero attached hydrogens (tertiary/aromatic N) is 2. The fourth-order valence-corrected chi connectivity index (χ4v) is 4.01. The Bertz CT molecular complexity index is 1340. The maximum absolute atomic E-state index is 6.59. The number of aromatic nitrogens is 3. The number of benzene rings is 3. The number of hydrogen-bond donors (Lipinski definition) is 2. The molecule has 0 unspecified atom stereocenters. The summed E-state index contributed by atoms with van der Waals surface area (Å²) in [5.41, 5.74) is 5.90. The van der Waals surface area contributed by atoms with E-state index in [-0.39, 0.29) is 6.61 Å². The second-order valence-corrected chi connectivity index (χ2v) is 8.86. The van der Waals surface area contributed by atoms with Crippen LogP contribution in [0.3, 0.4) is 0 Å². The number of aromatic amines is 1. The normalized spacial score (nSPS) is 10.8. The van der Waals surface area contributed by atoms with E-state index < -0.39 is 0 Å². The first-order valence-electron chi connectivity index (χ1n) is 10.4. The van der Waals surface area contributed by atoms with E-state index in [1.54, 1.807) is 22.9 Å². The molecule has 0 fully saturated rings. The Morgan fingerprint density at radius 2 is 1.71 bits per heavy atom. The van der Waals surface area contributed by atoms with Crippen molar-refractivity contribution in [2.75, 3.05) is 12.0 Å². The van der Waals surface area contributed by atoms with E-state index in [1.807, 2.05) is 49.4 Å². The average molecular weight is 536 g/mol. The molecule has 1 aromatic heterocycles. The summed E-state index contributed by atoms with van der Waals surface area (Å²) in [6.45, 7) is 3.06. The van der Waals surface area contributed by atoms with Crippen molar-refractivity contribution < 1.29 is 9.47 Å². The molecule has 176 valence electrons. The summed E-state index contributed by atoms with van der Waals surface area (Å²) in [5.74, 6) is 1.79. The molecule has 3 aromatic carbocycles. The first-order chi connectivity index (χ1) is 16.5. The quantitative estimate of drug-likeness (QED) is 0.220. The van der Waals surface area contributed by atoms with Gasteiger partial charge in [0.05, 0.1) is 23.2 Å². The third kappa shape index (κ3) is 5.67. The molecular formula is C24H21Cl3N4O2S. The molecule has 0 radical (unpaired) electrons. The van der Waals surface area contributed by atoms with E-state index in [0.717, 1.165) is 16.7 Å². The van der Waals surface area contributed by atoms with Gasteiger partial charge < -0.3 is 14.9 Å². The summed E-state index contributed by atoms with van der Waals surface area (Å²) >= 11 is 24.1. The van der Waals surface area contributed by atoms with Crippen LogP contribution < -0.4 is 14.9 Å². The van der Waals surface area contributed by atoms with Gasteiger partial charge in [0.2, 0.25) is 4.77 Å². The molecule has 1 heterocycles. The van der Waals surface area contributed by atoms with Crippen LogP contribution in [0.15, 0.2) is 60.7 Å². The zero-order chi connectivity index (χ0) is 24.1. The van der Waals surface area contributed by atoms with Gasteiger partial charge in [-0.05, 0) is 48.5 Å². The summed E-state index contributed by atoms with van der Waals surface area (Å²) in [5, 5.41) is 8.65. The molecular weight excluding hydrogens is 515 g/mol. The lowest BCUT2D eigenvalue weighted by molar-refractivity contribution is 0.269. The highest BCUT2D eigenvalue weighted by molar-refractivity contribution is 7.71. The van der Waals surface area contributed by atoms with E-state index in [4.69, 9.17) is 56.5 Å². The average Bonchev–Trinajstić information content (AvgIpc) is 3.21. The standard InChI is InChI=1S/C24H21Cl3N4O2S/c1-2-32-21-11-17(13-28-31-23(29-30-24(31)34)16-6-4-3-5-7-16)19(26)12-22(21)33-14-15-8-9-18(25)20(27)10-15/h3-12,28H,2,13-14H2,1H3,(H,30,34). The van der Waals surface area contributed by atoms with Crippen LogP contribution in [0.1, 0.15) is 18.1 Å². The molecule has 4 aromatic rings. The van der Waals surface area contributed by atoms with Crippen LogP contribution in [0.25, 0.3) is 11.4 Å². The molecule has 0 spiro atoms. The minimum absolute atomic E-state index is 0.287. The molecule has 4 rings (SSSR count). The van der Waals surface area contributed by atoms with Crippen molar-refractivity contribution in [1.82, 2.24) is 14.9 Å². The van der Waals surface area contributed by atoms with Gasteiger partial charge in [-0.2, -0.15) is 5.10 Å². The maximum atomic E-state index is 6.59. The summed E-state index contributed by atoms with van der Waals surface area (Å²) in [7, 11) is 0. The number of hydrogen-bond acceptors (Lipinski definition) is 5. The van der Waals surface area contributed by atoms with Crippen LogP contribution in [-0.2, 0) is 13.2 Å². The molecule has 0 amide bonds. The molecule has 0 saturated carbocycles. The van der Waals surface area contributed by atoms with E-state index >= 15 is 0 Å². The van der Waals surface area contributed by atoms with Crippen LogP contribution in [0.4, 0.5) is 0 Å². The largest absolute Gasteiger partial charge is 0.490 e. The first kappa shape index (κ1) is 24.4. The Kier molecular flexibility index (Phi) is 8.00. The van der Waals surface area contributed by atoms with E-state index in [0.29, 0.717) is 50.3 Å². The van der Waals surface area contributed by atoms with Crippen molar-refractivity contribution in [3.8, 4) is 22.9 Å². The van der Waals surface area contributed by atoms with Gasteiger partial charge >= 0.3 is 0 Å². The highest BCUT2D eigenvalue weighted by Gasteiger charge is 2.14. The number of halogens is 3. The van der Waals surface area contributed by atoms with Gasteiger partial charge in [-0.3, -0.25) is 0 Å². The lowest BCUT2D eigenvalue weighted by Crippen LogP contribution is -2.16. The fraction of sp³-hybridized carbons (Fsp3) is 0.167. The van der Waals surface area contributed by atoms with Gasteiger partial charge in [-0.1, -0.05) is 71.2 Å². The van der Waals surface area contributed by atoms with E-state index in [9.17, 15) is 0 Å². The topological polar surface area (TPSA) is 64.1 Å². The zero-order valence-corrected chi connectivity index (χ0v) is 21.2. The second-order valence-electron chi connectivity index (χ2n) is 7.25. The van der Waals surface area contributed by atoms with Crippen molar-refractivity contribution in [2.45, 2.75) is 20.1 Å². The van der Waals surface area contributed by atoms with Gasteiger partial charge in [0.15, 0.2) is 17.3 Å². The molecule has 10 heteroatoms. The van der Waals surface area contributed by atoms with Crippen LogP contribution >= 0.6 is 47.0 Å². The highest BCUT2D eigenvalue weighted by atomic mass is 35.5. The molecule has 0 bridgehead atoms. The van der Waals surface area contributed by atoms with Crippen LogP contribution in [-0.4, -0.2) is 21.5 Å². The smallest absolute Gasteiger partial charge is 0.214 e. The number of ether oxygens (including phenoxy) is 2. The minimum Gasteiger partial charge on any atom is -0.490 e. The maximum Gasteiger partial charge on any atom is 0.214 e. The Labute approximate surface area is 217 Å². The molecule has 34 heavy (non-hydrogen) atoms. The number of rotatable bonds is 9. The second kappa shape index (κ2) is 11.1. The van der Waals surface area contributed by atoms with Gasteiger partial charge in [0, 0.05) is 16.7 Å². The molecule has 0 aliphatic rings. The summed E-state index contributed by atoms with van der Waals surface area (Å²) in [4.78, 5) is 0. The van der Waals surface area contributed by atoms with Crippen LogP contribution in [0.2, 0.25) is 15.1 Å². The SMILES string of the molecule is CCOc1cc(CNn2c(-c3ccccc3)n[nH]c2=S)c(Cl)cc1OCc1ccc(Cl)c(Cl)c1. The Hall–Kier alpha value is -2.71. The van der Waals surface area contributed by atoms with Crippen molar-refractivity contribution in [2.24, 2.45) is 0 Å². The minimum atomic E-state index is 0.287. The Morgan fingerprint density at radius 3 is 2.44 bits per heavy atom. The molecule has 2 N–H and O–H groups in total. The van der Waals surface area contributed by atoms with Crippen molar-refractivity contribution in [3.63, 3.8) is 0 Å². The molecule has 0 atom stereocenters. The number of H-pyrrole nitrogens is 1. The third-order valence-corrected chi connectivity index (χ3v) is 6.29. The summed E-state index contributed by atoms with van der Waals surface area (Å²) in [6.07, 6.45) is 0. The van der Waals surface area contributed by atoms with Crippen molar-refractivity contribution in [1.29, 1.82) is 0 Å². The predicted molar refractivity (Wildman–Crippen MR) is 139 cm³/mol. The van der Waals surface area contributed by atoms with Crippen molar-refractivity contribution in [3.05, 3.63) is 91.6 Å². The zero-order valence-electron chi connectivity index (χ0n) is 18.1. The van der Waals surface area contributed by atoms with E-state index in [1.165, 1.54) is 0 Å². The predicted octanol–water partition coefficient (Wildman–Crippen LogP) is 7.29. The summed E-state index contributed by atoms with van der Waals surface area (Å²) in [6, 6.07) is 18.7. The van der Waals surface area contributed by atoms with Gasteiger partial charge in [-0.15, -0.1) is 0 Å². The Morgan fingerprint density at radius 1 is 0.941 bits per heavy atom. The molecule has 0 saturated heterocycles. The summed E-state index contributed by atoms with van der Waals surface area (Å²) < 4.78 is 14.0. The van der Waals surface area contributed by atoms with E-state index in [2.05, 4.69) is 15.6 Å². The van der Waals surface area contributed by atoms with Crippen LogP contribution in [0, 0.1) is 4.77 Å². The number of nitrogens with one attached hydrogen (secondary N) is 2. The van der Waals surface area contributed by atoms with Gasteiger partial charge in [-0.25, -0.2) is 9.77 Å². The van der Waals surface area contributed by atoms with Gasteiger partial charge in [0.1, 0.15) is 6.61 Å². The van der Waals surface area contributed by atoms with Gasteiger partial charge in [0.25, 0.3) is 0 Å². The third-order valence-electron chi connectivity index (χ3n) is 4.92. The lowest BCUT2D eigenvalue weighted by atomic mass is 10.2. The molecule has 0 aliphatic carbocycles. The first-order valence-corrected chi connectivity index (χ1v) is 12.0. The fourth-order valence-electron chi connectivity index (χ4n) is 3.27. The molecule has 6 nitrogen and oxygen atoms in total. The highest BCUT2D eigenvalue weighted by Crippen LogP contribution is 2.35. The monoisotopic (exact) mass is 534 g/mol. The van der Waals surface area contributed by atoms with Crippen molar-refractivity contribution >= 4 is 47.0 Å². The van der Waals surface area contributed by atoms with Crippen LogP contribution in [0.5, 0.6) is 11.5 Å². The Balaban J connectivity index is 1.53. The molecule has 0 aliphatic heterocycles.